The molecule has 1 aromatic rings. The van der Waals surface area contributed by atoms with Crippen molar-refractivity contribution in [2.24, 2.45) is 5.41 Å². The lowest BCUT2D eigenvalue weighted by atomic mass is 9.59. The smallest absolute Gasteiger partial charge is 0.227 e. The van der Waals surface area contributed by atoms with E-state index in [-0.39, 0.29) is 17.2 Å². The molecular weight excluding hydrogens is 238 g/mol. The Morgan fingerprint density at radius 1 is 1.00 bits per heavy atom. The molecule has 3 heteroatoms. The van der Waals surface area contributed by atoms with Crippen LogP contribution in [0.4, 0.5) is 0 Å². The minimum atomic E-state index is -0.140. The molecule has 1 heterocycles. The second-order valence-electron chi connectivity index (χ2n) is 5.90. The number of amides is 2. The predicted molar refractivity (Wildman–Crippen MR) is 72.5 cm³/mol. The Kier molecular flexibility index (Phi) is 3.13. The Bertz CT molecular complexity index is 479. The highest BCUT2D eigenvalue weighted by molar-refractivity contribution is 5.98. The number of imide groups is 1. The quantitative estimate of drug-likeness (QED) is 0.786. The van der Waals surface area contributed by atoms with E-state index in [0.717, 1.165) is 19.3 Å². The second kappa shape index (κ2) is 4.80. The fourth-order valence-corrected chi connectivity index (χ4v) is 3.88. The maximum atomic E-state index is 11.8. The molecule has 3 nitrogen and oxygen atoms in total. The van der Waals surface area contributed by atoms with Crippen LogP contribution in [0.1, 0.15) is 50.0 Å². The summed E-state index contributed by atoms with van der Waals surface area (Å²) in [6.07, 6.45) is 5.40. The standard InChI is InChI=1S/C16H19NO2/c18-14-10-16(11-15(19)17-14)9-5-4-8-13(16)12-6-2-1-3-7-12/h1-3,6-7,13H,4-5,8-11H2,(H,17,18,19). The zero-order valence-electron chi connectivity index (χ0n) is 11.0. The number of hydrogen-bond donors (Lipinski definition) is 1. The lowest BCUT2D eigenvalue weighted by Gasteiger charge is -2.45. The largest absolute Gasteiger partial charge is 0.296 e. The van der Waals surface area contributed by atoms with Crippen LogP contribution in [0.5, 0.6) is 0 Å². The number of benzene rings is 1. The predicted octanol–water partition coefficient (Wildman–Crippen LogP) is 2.77. The second-order valence-corrected chi connectivity index (χ2v) is 5.90. The minimum absolute atomic E-state index is 0.0981. The van der Waals surface area contributed by atoms with E-state index in [1.54, 1.807) is 0 Å². The molecule has 0 aromatic heterocycles. The van der Waals surface area contributed by atoms with Crippen LogP contribution in [-0.2, 0) is 9.59 Å². The molecule has 3 rings (SSSR count). The summed E-state index contributed by atoms with van der Waals surface area (Å²) in [4.78, 5) is 23.6. The summed E-state index contributed by atoms with van der Waals surface area (Å²) in [7, 11) is 0. The molecule has 100 valence electrons. The van der Waals surface area contributed by atoms with Crippen molar-refractivity contribution in [3.8, 4) is 0 Å². The third-order valence-corrected chi connectivity index (χ3v) is 4.66. The van der Waals surface area contributed by atoms with Gasteiger partial charge in [0.2, 0.25) is 11.8 Å². The normalized spacial score (nSPS) is 26.2. The molecule has 1 spiro atoms. The molecule has 2 fully saturated rings. The van der Waals surface area contributed by atoms with Gasteiger partial charge >= 0.3 is 0 Å². The van der Waals surface area contributed by atoms with Crippen LogP contribution in [0, 0.1) is 5.41 Å². The fraction of sp³-hybridized carbons (Fsp3) is 0.500. The van der Waals surface area contributed by atoms with Gasteiger partial charge in [0.25, 0.3) is 0 Å². The monoisotopic (exact) mass is 257 g/mol. The van der Waals surface area contributed by atoms with Crippen molar-refractivity contribution in [1.29, 1.82) is 0 Å². The SMILES string of the molecule is O=C1CC2(CCCCC2c2ccccc2)CC(=O)N1. The van der Waals surface area contributed by atoms with Gasteiger partial charge < -0.3 is 0 Å². The van der Waals surface area contributed by atoms with Crippen molar-refractivity contribution < 1.29 is 9.59 Å². The zero-order valence-corrected chi connectivity index (χ0v) is 11.0. The summed E-state index contributed by atoms with van der Waals surface area (Å²) in [6, 6.07) is 10.4. The maximum Gasteiger partial charge on any atom is 0.227 e. The maximum absolute atomic E-state index is 11.8. The molecule has 1 atom stereocenters. The van der Waals surface area contributed by atoms with Gasteiger partial charge in [-0.2, -0.15) is 0 Å². The summed E-state index contributed by atoms with van der Waals surface area (Å²) >= 11 is 0. The van der Waals surface area contributed by atoms with E-state index in [4.69, 9.17) is 0 Å². The van der Waals surface area contributed by atoms with Crippen molar-refractivity contribution in [2.45, 2.75) is 44.4 Å². The Balaban J connectivity index is 1.96. The number of nitrogens with one attached hydrogen (secondary N) is 1. The van der Waals surface area contributed by atoms with Gasteiger partial charge in [0, 0.05) is 12.8 Å². The summed E-state index contributed by atoms with van der Waals surface area (Å²) in [6.45, 7) is 0. The van der Waals surface area contributed by atoms with Crippen LogP contribution < -0.4 is 5.32 Å². The van der Waals surface area contributed by atoms with Crippen LogP contribution in [0.2, 0.25) is 0 Å². The molecule has 1 saturated carbocycles. The van der Waals surface area contributed by atoms with Crippen molar-refractivity contribution in [2.75, 3.05) is 0 Å². The first-order chi connectivity index (χ1) is 9.20. The lowest BCUT2D eigenvalue weighted by molar-refractivity contribution is -0.139. The van der Waals surface area contributed by atoms with E-state index >= 15 is 0 Å². The van der Waals surface area contributed by atoms with Crippen molar-refractivity contribution in [3.63, 3.8) is 0 Å². The van der Waals surface area contributed by atoms with Gasteiger partial charge in [-0.05, 0) is 29.7 Å². The number of hydrogen-bond acceptors (Lipinski definition) is 2. The molecular formula is C16H19NO2. The molecule has 1 unspecified atom stereocenters. The van der Waals surface area contributed by atoms with Gasteiger partial charge in [-0.25, -0.2) is 0 Å². The van der Waals surface area contributed by atoms with E-state index < -0.39 is 0 Å². The molecule has 19 heavy (non-hydrogen) atoms. The summed E-state index contributed by atoms with van der Waals surface area (Å²) < 4.78 is 0. The molecule has 2 aliphatic rings. The van der Waals surface area contributed by atoms with Crippen LogP contribution in [0.25, 0.3) is 0 Å². The summed E-state index contributed by atoms with van der Waals surface area (Å²) in [5.41, 5.74) is 1.14. The van der Waals surface area contributed by atoms with Crippen molar-refractivity contribution in [1.82, 2.24) is 5.32 Å². The van der Waals surface area contributed by atoms with Crippen LogP contribution >= 0.6 is 0 Å². The first-order valence-electron chi connectivity index (χ1n) is 7.07. The van der Waals surface area contributed by atoms with E-state index in [1.165, 1.54) is 12.0 Å². The number of piperidine rings is 1. The molecule has 1 N–H and O–H groups in total. The Labute approximate surface area is 113 Å². The third-order valence-electron chi connectivity index (χ3n) is 4.66. The Hall–Kier alpha value is -1.64. The van der Waals surface area contributed by atoms with Gasteiger partial charge in [0.05, 0.1) is 0 Å². The van der Waals surface area contributed by atoms with Gasteiger partial charge in [-0.3, -0.25) is 14.9 Å². The first kappa shape index (κ1) is 12.4. The third kappa shape index (κ3) is 2.29. The highest BCUT2D eigenvalue weighted by atomic mass is 16.2. The molecule has 1 aliphatic heterocycles. The molecule has 0 bridgehead atoms. The minimum Gasteiger partial charge on any atom is -0.296 e. The highest BCUT2D eigenvalue weighted by Gasteiger charge is 2.46. The number of carbonyl (C=O) groups excluding carboxylic acids is 2. The topological polar surface area (TPSA) is 46.2 Å². The number of carbonyl (C=O) groups is 2. The summed E-state index contributed by atoms with van der Waals surface area (Å²) in [5.74, 6) is 0.149. The van der Waals surface area contributed by atoms with Crippen LogP contribution in [-0.4, -0.2) is 11.8 Å². The molecule has 1 aromatic carbocycles. The first-order valence-corrected chi connectivity index (χ1v) is 7.07. The van der Waals surface area contributed by atoms with E-state index in [0.29, 0.717) is 18.8 Å². The summed E-state index contributed by atoms with van der Waals surface area (Å²) in [5, 5.41) is 2.44. The van der Waals surface area contributed by atoms with E-state index in [2.05, 4.69) is 17.4 Å². The molecule has 1 saturated heterocycles. The van der Waals surface area contributed by atoms with Crippen molar-refractivity contribution >= 4 is 11.8 Å². The Morgan fingerprint density at radius 3 is 2.37 bits per heavy atom. The fourth-order valence-electron chi connectivity index (χ4n) is 3.88. The Morgan fingerprint density at radius 2 is 1.68 bits per heavy atom. The molecule has 2 amide bonds. The zero-order chi connectivity index (χ0) is 13.3. The van der Waals surface area contributed by atoms with Gasteiger partial charge in [-0.1, -0.05) is 43.2 Å². The van der Waals surface area contributed by atoms with Crippen LogP contribution in [0.3, 0.4) is 0 Å². The molecule has 1 aliphatic carbocycles. The van der Waals surface area contributed by atoms with E-state index in [9.17, 15) is 9.59 Å². The average molecular weight is 257 g/mol. The van der Waals surface area contributed by atoms with Crippen molar-refractivity contribution in [3.05, 3.63) is 35.9 Å². The van der Waals surface area contributed by atoms with Gasteiger partial charge in [0.1, 0.15) is 0 Å². The average Bonchev–Trinajstić information content (AvgIpc) is 2.39. The highest BCUT2D eigenvalue weighted by Crippen LogP contribution is 2.52. The lowest BCUT2D eigenvalue weighted by Crippen LogP contribution is -2.48. The number of rotatable bonds is 1. The molecule has 0 radical (unpaired) electrons. The van der Waals surface area contributed by atoms with Crippen LogP contribution in [0.15, 0.2) is 30.3 Å². The van der Waals surface area contributed by atoms with Gasteiger partial charge in [0.15, 0.2) is 0 Å². The van der Waals surface area contributed by atoms with E-state index in [1.807, 2.05) is 18.2 Å². The van der Waals surface area contributed by atoms with Gasteiger partial charge in [-0.15, -0.1) is 0 Å².